The Hall–Kier alpha value is -1.95. The third-order valence-electron chi connectivity index (χ3n) is 3.36. The van der Waals surface area contributed by atoms with Crippen LogP contribution in [0.1, 0.15) is 23.9 Å². The highest BCUT2D eigenvalue weighted by atomic mass is 32.2. The predicted octanol–water partition coefficient (Wildman–Crippen LogP) is 3.66. The Morgan fingerprint density at radius 3 is 2.45 bits per heavy atom. The topological polar surface area (TPSA) is 54.9 Å². The SMILES string of the molecule is Cc1nc(S[C@H](C)C(=O)Nc2cccc(F)c2)nc(C)c1C. The molecule has 0 saturated heterocycles. The molecule has 0 bridgehead atoms. The van der Waals surface area contributed by atoms with E-state index in [9.17, 15) is 9.18 Å². The first-order chi connectivity index (χ1) is 10.4. The van der Waals surface area contributed by atoms with Crippen molar-refractivity contribution in [1.29, 1.82) is 0 Å². The van der Waals surface area contributed by atoms with Crippen LogP contribution in [0.25, 0.3) is 0 Å². The van der Waals surface area contributed by atoms with Gasteiger partial charge in [-0.1, -0.05) is 17.8 Å². The van der Waals surface area contributed by atoms with Gasteiger partial charge in [0.25, 0.3) is 0 Å². The second-order valence-electron chi connectivity index (χ2n) is 5.06. The van der Waals surface area contributed by atoms with E-state index in [4.69, 9.17) is 0 Å². The van der Waals surface area contributed by atoms with Gasteiger partial charge in [-0.25, -0.2) is 14.4 Å². The van der Waals surface area contributed by atoms with E-state index in [-0.39, 0.29) is 17.0 Å². The largest absolute Gasteiger partial charge is 0.325 e. The maximum atomic E-state index is 13.1. The number of thioether (sulfide) groups is 1. The van der Waals surface area contributed by atoms with Crippen LogP contribution in [-0.2, 0) is 4.79 Å². The molecule has 0 unspecified atom stereocenters. The molecule has 22 heavy (non-hydrogen) atoms. The molecule has 0 saturated carbocycles. The standard InChI is InChI=1S/C16H18FN3OS/c1-9-10(2)18-16(19-11(9)3)22-12(4)15(21)20-14-7-5-6-13(17)8-14/h5-8,12H,1-4H3,(H,20,21)/t12-/m1/s1. The molecule has 1 N–H and O–H groups in total. The number of hydrogen-bond acceptors (Lipinski definition) is 4. The van der Waals surface area contributed by atoms with Gasteiger partial charge in [0, 0.05) is 17.1 Å². The zero-order valence-corrected chi connectivity index (χ0v) is 13.8. The van der Waals surface area contributed by atoms with Crippen molar-refractivity contribution < 1.29 is 9.18 Å². The fraction of sp³-hybridized carbons (Fsp3) is 0.312. The van der Waals surface area contributed by atoms with Crippen molar-refractivity contribution in [2.24, 2.45) is 0 Å². The van der Waals surface area contributed by atoms with Gasteiger partial charge in [0.1, 0.15) is 5.82 Å². The van der Waals surface area contributed by atoms with Crippen LogP contribution in [0.3, 0.4) is 0 Å². The molecular weight excluding hydrogens is 301 g/mol. The van der Waals surface area contributed by atoms with Crippen molar-refractivity contribution in [2.75, 3.05) is 5.32 Å². The molecule has 0 spiro atoms. The van der Waals surface area contributed by atoms with Crippen molar-refractivity contribution in [1.82, 2.24) is 9.97 Å². The molecule has 6 heteroatoms. The molecule has 2 aromatic rings. The highest BCUT2D eigenvalue weighted by molar-refractivity contribution is 8.00. The number of anilines is 1. The summed E-state index contributed by atoms with van der Waals surface area (Å²) in [6.45, 7) is 7.59. The minimum atomic E-state index is -0.384. The van der Waals surface area contributed by atoms with E-state index in [1.165, 1.54) is 23.9 Å². The van der Waals surface area contributed by atoms with Gasteiger partial charge >= 0.3 is 0 Å². The average molecular weight is 319 g/mol. The zero-order valence-electron chi connectivity index (χ0n) is 13.0. The summed E-state index contributed by atoms with van der Waals surface area (Å²) in [6, 6.07) is 5.82. The van der Waals surface area contributed by atoms with E-state index in [0.717, 1.165) is 17.0 Å². The Balaban J connectivity index is 2.05. The smallest absolute Gasteiger partial charge is 0.237 e. The van der Waals surface area contributed by atoms with Crippen molar-refractivity contribution in [3.8, 4) is 0 Å². The van der Waals surface area contributed by atoms with Gasteiger partial charge in [-0.15, -0.1) is 0 Å². The molecule has 0 fully saturated rings. The molecule has 4 nitrogen and oxygen atoms in total. The number of aromatic nitrogens is 2. The van der Waals surface area contributed by atoms with Crippen LogP contribution >= 0.6 is 11.8 Å². The number of nitrogens with zero attached hydrogens (tertiary/aromatic N) is 2. The molecule has 1 amide bonds. The van der Waals surface area contributed by atoms with E-state index in [2.05, 4.69) is 15.3 Å². The van der Waals surface area contributed by atoms with Crippen LogP contribution in [-0.4, -0.2) is 21.1 Å². The third kappa shape index (κ3) is 4.04. The highest BCUT2D eigenvalue weighted by Gasteiger charge is 2.17. The molecule has 1 aromatic carbocycles. The Bertz CT molecular complexity index is 683. The normalized spacial score (nSPS) is 12.0. The lowest BCUT2D eigenvalue weighted by molar-refractivity contribution is -0.115. The van der Waals surface area contributed by atoms with Crippen LogP contribution < -0.4 is 5.32 Å². The molecule has 1 heterocycles. The molecule has 116 valence electrons. The van der Waals surface area contributed by atoms with Crippen LogP contribution in [0.4, 0.5) is 10.1 Å². The maximum Gasteiger partial charge on any atom is 0.237 e. The van der Waals surface area contributed by atoms with Gasteiger partial charge in [-0.3, -0.25) is 4.79 Å². The first kappa shape index (κ1) is 16.4. The van der Waals surface area contributed by atoms with Gasteiger partial charge in [-0.05, 0) is 51.5 Å². The number of carbonyl (C=O) groups excluding carboxylic acids is 1. The number of hydrogen-bond donors (Lipinski definition) is 1. The third-order valence-corrected chi connectivity index (χ3v) is 4.32. The number of amides is 1. The minimum Gasteiger partial charge on any atom is -0.325 e. The van der Waals surface area contributed by atoms with Crippen LogP contribution in [0, 0.1) is 26.6 Å². The van der Waals surface area contributed by atoms with Crippen LogP contribution in [0.15, 0.2) is 29.4 Å². The minimum absolute atomic E-state index is 0.213. The van der Waals surface area contributed by atoms with Gasteiger partial charge < -0.3 is 5.32 Å². The summed E-state index contributed by atoms with van der Waals surface area (Å²) >= 11 is 1.28. The van der Waals surface area contributed by atoms with Crippen LogP contribution in [0.5, 0.6) is 0 Å². The molecule has 0 radical (unpaired) electrons. The lowest BCUT2D eigenvalue weighted by Gasteiger charge is -2.12. The number of halogens is 1. The maximum absolute atomic E-state index is 13.1. The van der Waals surface area contributed by atoms with E-state index >= 15 is 0 Å². The van der Waals surface area contributed by atoms with Crippen LogP contribution in [0.2, 0.25) is 0 Å². The molecule has 1 atom stereocenters. The number of carbonyl (C=O) groups is 1. The number of rotatable bonds is 4. The Morgan fingerprint density at radius 1 is 1.23 bits per heavy atom. The Labute approximate surface area is 133 Å². The molecule has 1 aromatic heterocycles. The lowest BCUT2D eigenvalue weighted by atomic mass is 10.2. The zero-order chi connectivity index (χ0) is 16.3. The number of nitrogens with one attached hydrogen (secondary N) is 1. The molecule has 0 aliphatic heterocycles. The summed E-state index contributed by atoms with van der Waals surface area (Å²) in [5, 5.41) is 2.88. The first-order valence-corrected chi connectivity index (χ1v) is 7.79. The Kier molecular flexibility index (Phi) is 5.13. The monoisotopic (exact) mass is 319 g/mol. The van der Waals surface area contributed by atoms with Crippen molar-refractivity contribution in [3.63, 3.8) is 0 Å². The summed E-state index contributed by atoms with van der Waals surface area (Å²) in [5.74, 6) is -0.596. The quantitative estimate of drug-likeness (QED) is 0.690. The van der Waals surface area contributed by atoms with Gasteiger partial charge in [0.15, 0.2) is 5.16 Å². The number of aryl methyl sites for hydroxylation is 2. The predicted molar refractivity (Wildman–Crippen MR) is 86.6 cm³/mol. The van der Waals surface area contributed by atoms with E-state index in [0.29, 0.717) is 10.8 Å². The number of benzene rings is 1. The van der Waals surface area contributed by atoms with Crippen molar-refractivity contribution in [2.45, 2.75) is 38.1 Å². The molecular formula is C16H18FN3OS. The summed E-state index contributed by atoms with van der Waals surface area (Å²) in [7, 11) is 0. The fourth-order valence-corrected chi connectivity index (χ4v) is 2.68. The molecule has 0 aliphatic rings. The molecule has 0 aliphatic carbocycles. The summed E-state index contributed by atoms with van der Waals surface area (Å²) in [4.78, 5) is 20.9. The van der Waals surface area contributed by atoms with E-state index < -0.39 is 0 Å². The average Bonchev–Trinajstić information content (AvgIpc) is 2.44. The second kappa shape index (κ2) is 6.87. The van der Waals surface area contributed by atoms with Crippen molar-refractivity contribution >= 4 is 23.4 Å². The summed E-state index contributed by atoms with van der Waals surface area (Å²) in [6.07, 6.45) is 0. The summed E-state index contributed by atoms with van der Waals surface area (Å²) in [5.41, 5.74) is 3.32. The van der Waals surface area contributed by atoms with Gasteiger partial charge in [0.2, 0.25) is 5.91 Å². The second-order valence-corrected chi connectivity index (χ2v) is 6.37. The highest BCUT2D eigenvalue weighted by Crippen LogP contribution is 2.23. The lowest BCUT2D eigenvalue weighted by Crippen LogP contribution is -2.22. The first-order valence-electron chi connectivity index (χ1n) is 6.91. The fourth-order valence-electron chi connectivity index (χ4n) is 1.82. The van der Waals surface area contributed by atoms with E-state index in [1.807, 2.05) is 20.8 Å². The van der Waals surface area contributed by atoms with Gasteiger partial charge in [-0.2, -0.15) is 0 Å². The summed E-state index contributed by atoms with van der Waals surface area (Å²) < 4.78 is 13.1. The van der Waals surface area contributed by atoms with Crippen molar-refractivity contribution in [3.05, 3.63) is 47.0 Å². The van der Waals surface area contributed by atoms with E-state index in [1.54, 1.807) is 19.1 Å². The van der Waals surface area contributed by atoms with Gasteiger partial charge in [0.05, 0.1) is 5.25 Å². The Morgan fingerprint density at radius 2 is 1.86 bits per heavy atom. The molecule has 2 rings (SSSR count).